The maximum absolute atomic E-state index is 12.6. The van der Waals surface area contributed by atoms with E-state index in [4.69, 9.17) is 9.84 Å². The molecule has 6 nitrogen and oxygen atoms in total. The Kier molecular flexibility index (Phi) is 5.89. The summed E-state index contributed by atoms with van der Waals surface area (Å²) in [6.45, 7) is 1.81. The van der Waals surface area contributed by atoms with Gasteiger partial charge in [0.1, 0.15) is 5.56 Å². The van der Waals surface area contributed by atoms with E-state index in [1.165, 1.54) is 7.11 Å². The molecule has 0 aliphatic carbocycles. The lowest BCUT2D eigenvalue weighted by Crippen LogP contribution is -2.29. The van der Waals surface area contributed by atoms with Gasteiger partial charge in [0.2, 0.25) is 5.88 Å². The van der Waals surface area contributed by atoms with Gasteiger partial charge >= 0.3 is 5.97 Å². The molecule has 126 valence electrons. The maximum Gasteiger partial charge on any atom is 0.303 e. The quantitative estimate of drug-likeness (QED) is 0.816. The lowest BCUT2D eigenvalue weighted by Gasteiger charge is -2.19. The Morgan fingerprint density at radius 1 is 1.21 bits per heavy atom. The Morgan fingerprint density at radius 2 is 1.92 bits per heavy atom. The van der Waals surface area contributed by atoms with E-state index in [0.29, 0.717) is 12.0 Å². The molecular formula is C18H20N2O4. The molecule has 24 heavy (non-hydrogen) atoms. The van der Waals surface area contributed by atoms with Gasteiger partial charge in [-0.05, 0) is 31.0 Å². The summed E-state index contributed by atoms with van der Waals surface area (Å²) in [5.41, 5.74) is 1.92. The highest BCUT2D eigenvalue weighted by atomic mass is 16.5. The van der Waals surface area contributed by atoms with E-state index < -0.39 is 12.0 Å². The summed E-state index contributed by atoms with van der Waals surface area (Å²) in [7, 11) is 1.46. The first kappa shape index (κ1) is 17.5. The molecule has 0 radical (unpaired) electrons. The molecule has 0 aliphatic heterocycles. The fourth-order valence-electron chi connectivity index (χ4n) is 2.37. The van der Waals surface area contributed by atoms with E-state index >= 15 is 0 Å². The number of amides is 1. The number of hydrogen-bond acceptors (Lipinski definition) is 4. The second-order valence-electron chi connectivity index (χ2n) is 5.38. The molecule has 1 unspecified atom stereocenters. The number of carboxylic acid groups (broad SMARTS) is 1. The van der Waals surface area contributed by atoms with Gasteiger partial charge in [-0.15, -0.1) is 0 Å². The molecule has 0 aliphatic rings. The minimum atomic E-state index is -0.903. The van der Waals surface area contributed by atoms with E-state index in [-0.39, 0.29) is 18.2 Å². The van der Waals surface area contributed by atoms with Crippen molar-refractivity contribution >= 4 is 11.9 Å². The van der Waals surface area contributed by atoms with Crippen molar-refractivity contribution in [2.45, 2.75) is 25.8 Å². The smallest absolute Gasteiger partial charge is 0.303 e. The van der Waals surface area contributed by atoms with Gasteiger partial charge in [0, 0.05) is 12.1 Å². The number of carbonyl (C=O) groups excluding carboxylic acids is 1. The third kappa shape index (κ3) is 4.55. The molecule has 1 aromatic carbocycles. The molecule has 1 amide bonds. The van der Waals surface area contributed by atoms with E-state index in [1.807, 2.05) is 37.3 Å². The molecule has 1 atom stereocenters. The van der Waals surface area contributed by atoms with Crippen LogP contribution >= 0.6 is 0 Å². The van der Waals surface area contributed by atoms with Gasteiger partial charge in [0.05, 0.1) is 13.2 Å². The summed E-state index contributed by atoms with van der Waals surface area (Å²) in [4.78, 5) is 27.7. The van der Waals surface area contributed by atoms with Gasteiger partial charge in [-0.25, -0.2) is 4.98 Å². The normalized spacial score (nSPS) is 11.6. The number of rotatable bonds is 7. The van der Waals surface area contributed by atoms with Gasteiger partial charge in [-0.2, -0.15) is 0 Å². The van der Waals surface area contributed by atoms with Crippen LogP contribution in [0.25, 0.3) is 0 Å². The van der Waals surface area contributed by atoms with Gasteiger partial charge in [-0.3, -0.25) is 9.59 Å². The predicted octanol–water partition coefficient (Wildman–Crippen LogP) is 2.73. The third-order valence-corrected chi connectivity index (χ3v) is 3.59. The van der Waals surface area contributed by atoms with E-state index in [2.05, 4.69) is 10.3 Å². The lowest BCUT2D eigenvalue weighted by molar-refractivity contribution is -0.137. The highest BCUT2D eigenvalue weighted by molar-refractivity contribution is 5.96. The first-order chi connectivity index (χ1) is 11.5. The summed E-state index contributed by atoms with van der Waals surface area (Å²) in [5.74, 6) is -1.00. The topological polar surface area (TPSA) is 88.5 Å². The third-order valence-electron chi connectivity index (χ3n) is 3.59. The second kappa shape index (κ2) is 8.10. The Hall–Kier alpha value is -2.89. The number of nitrogens with one attached hydrogen (secondary N) is 1. The number of methoxy groups -OCH3 is 1. The number of carboxylic acids is 1. The van der Waals surface area contributed by atoms with Crippen molar-refractivity contribution in [1.29, 1.82) is 0 Å². The minimum absolute atomic E-state index is 0.0386. The van der Waals surface area contributed by atoms with Crippen molar-refractivity contribution < 1.29 is 19.4 Å². The molecule has 2 rings (SSSR count). The molecule has 2 aromatic rings. The standard InChI is InChI=1S/C18H20N2O4/c1-12-8-9-14(18(19-12)24-2)17(23)20-15(10-11-16(21)22)13-6-4-3-5-7-13/h3-9,15H,10-11H2,1-2H3,(H,20,23)(H,21,22). The van der Waals surface area contributed by atoms with Crippen LogP contribution in [0, 0.1) is 6.92 Å². The SMILES string of the molecule is COc1nc(C)ccc1C(=O)NC(CCC(=O)O)c1ccccc1. The molecule has 2 N–H and O–H groups in total. The van der Waals surface area contributed by atoms with Crippen molar-refractivity contribution in [3.8, 4) is 5.88 Å². The van der Waals surface area contributed by atoms with Crippen LogP contribution in [0.4, 0.5) is 0 Å². The first-order valence-corrected chi connectivity index (χ1v) is 7.60. The molecule has 6 heteroatoms. The summed E-state index contributed by atoms with van der Waals surface area (Å²) in [6, 6.07) is 12.3. The Bertz CT molecular complexity index is 716. The number of aryl methyl sites for hydroxylation is 1. The first-order valence-electron chi connectivity index (χ1n) is 7.60. The number of benzene rings is 1. The molecule has 0 bridgehead atoms. The second-order valence-corrected chi connectivity index (χ2v) is 5.38. The monoisotopic (exact) mass is 328 g/mol. The number of aliphatic carboxylic acids is 1. The molecule has 0 saturated heterocycles. The summed E-state index contributed by atoms with van der Waals surface area (Å²) >= 11 is 0. The summed E-state index contributed by atoms with van der Waals surface area (Å²) in [6.07, 6.45) is 0.260. The zero-order valence-corrected chi connectivity index (χ0v) is 13.7. The number of ether oxygens (including phenoxy) is 1. The Morgan fingerprint density at radius 3 is 2.54 bits per heavy atom. The van der Waals surface area contributed by atoms with Crippen LogP contribution < -0.4 is 10.1 Å². The van der Waals surface area contributed by atoms with Gasteiger partial charge in [-0.1, -0.05) is 30.3 Å². The number of carbonyl (C=O) groups is 2. The van der Waals surface area contributed by atoms with Crippen LogP contribution in [-0.2, 0) is 4.79 Å². The summed E-state index contributed by atoms with van der Waals surface area (Å²) in [5, 5.41) is 11.8. The largest absolute Gasteiger partial charge is 0.481 e. The minimum Gasteiger partial charge on any atom is -0.481 e. The number of aromatic nitrogens is 1. The number of pyridine rings is 1. The average molecular weight is 328 g/mol. The molecule has 0 spiro atoms. The molecular weight excluding hydrogens is 308 g/mol. The molecule has 1 heterocycles. The zero-order chi connectivity index (χ0) is 17.5. The highest BCUT2D eigenvalue weighted by Crippen LogP contribution is 2.21. The highest BCUT2D eigenvalue weighted by Gasteiger charge is 2.20. The fraction of sp³-hybridized carbons (Fsp3) is 0.278. The van der Waals surface area contributed by atoms with Crippen LogP contribution in [0.3, 0.4) is 0 Å². The van der Waals surface area contributed by atoms with E-state index in [1.54, 1.807) is 12.1 Å². The molecule has 1 aromatic heterocycles. The average Bonchev–Trinajstić information content (AvgIpc) is 2.58. The maximum atomic E-state index is 12.6. The lowest BCUT2D eigenvalue weighted by atomic mass is 10.0. The number of hydrogen-bond donors (Lipinski definition) is 2. The van der Waals surface area contributed by atoms with Crippen molar-refractivity contribution in [3.05, 3.63) is 59.3 Å². The Labute approximate surface area is 140 Å². The van der Waals surface area contributed by atoms with Gasteiger partial charge < -0.3 is 15.2 Å². The zero-order valence-electron chi connectivity index (χ0n) is 13.7. The van der Waals surface area contributed by atoms with Gasteiger partial charge in [0.25, 0.3) is 5.91 Å². The van der Waals surface area contributed by atoms with Crippen LogP contribution in [0.15, 0.2) is 42.5 Å². The van der Waals surface area contributed by atoms with Gasteiger partial charge in [0.15, 0.2) is 0 Å². The summed E-state index contributed by atoms with van der Waals surface area (Å²) < 4.78 is 5.17. The number of nitrogens with zero attached hydrogens (tertiary/aromatic N) is 1. The van der Waals surface area contributed by atoms with E-state index in [0.717, 1.165) is 11.3 Å². The fourth-order valence-corrected chi connectivity index (χ4v) is 2.37. The van der Waals surface area contributed by atoms with Crippen molar-refractivity contribution in [2.75, 3.05) is 7.11 Å². The van der Waals surface area contributed by atoms with Crippen LogP contribution in [0.5, 0.6) is 5.88 Å². The Balaban J connectivity index is 2.22. The predicted molar refractivity (Wildman–Crippen MR) is 89.0 cm³/mol. The van der Waals surface area contributed by atoms with Crippen LogP contribution in [0.2, 0.25) is 0 Å². The van der Waals surface area contributed by atoms with Crippen LogP contribution in [-0.4, -0.2) is 29.1 Å². The van der Waals surface area contributed by atoms with Crippen molar-refractivity contribution in [1.82, 2.24) is 10.3 Å². The van der Waals surface area contributed by atoms with Crippen LogP contribution in [0.1, 0.15) is 40.5 Å². The van der Waals surface area contributed by atoms with Crippen molar-refractivity contribution in [3.63, 3.8) is 0 Å². The van der Waals surface area contributed by atoms with E-state index in [9.17, 15) is 9.59 Å². The molecule has 0 fully saturated rings. The molecule has 0 saturated carbocycles. The van der Waals surface area contributed by atoms with Crippen molar-refractivity contribution in [2.24, 2.45) is 0 Å².